The average molecular weight is 278 g/mol. The highest BCUT2D eigenvalue weighted by molar-refractivity contribution is 6.21. The Morgan fingerprint density at radius 3 is 2.00 bits per heavy atom. The van der Waals surface area contributed by atoms with Crippen LogP contribution in [0.4, 0.5) is 0 Å². The first-order valence-corrected chi connectivity index (χ1v) is 6.75. The van der Waals surface area contributed by atoms with E-state index in [0.29, 0.717) is 11.1 Å². The number of hydrazone groups is 1. The normalized spacial score (nSPS) is 15.6. The molecule has 4 heteroatoms. The van der Waals surface area contributed by atoms with E-state index in [9.17, 15) is 9.59 Å². The monoisotopic (exact) mass is 278 g/mol. The van der Waals surface area contributed by atoms with E-state index in [4.69, 9.17) is 0 Å². The van der Waals surface area contributed by atoms with Gasteiger partial charge in [0.15, 0.2) is 0 Å². The molecule has 1 atom stereocenters. The number of carbonyl (C=O) groups excluding carboxylic acids is 2. The van der Waals surface area contributed by atoms with Crippen molar-refractivity contribution in [1.82, 2.24) is 5.01 Å². The van der Waals surface area contributed by atoms with E-state index < -0.39 is 0 Å². The van der Waals surface area contributed by atoms with Crippen LogP contribution in [0.1, 0.15) is 39.1 Å². The van der Waals surface area contributed by atoms with E-state index in [0.717, 1.165) is 10.6 Å². The van der Waals surface area contributed by atoms with Crippen molar-refractivity contribution < 1.29 is 9.59 Å². The van der Waals surface area contributed by atoms with Gasteiger partial charge < -0.3 is 0 Å². The van der Waals surface area contributed by atoms with Crippen LogP contribution in [0, 0.1) is 0 Å². The zero-order valence-corrected chi connectivity index (χ0v) is 11.6. The summed E-state index contributed by atoms with van der Waals surface area (Å²) in [6.07, 6.45) is 1.62. The Hall–Kier alpha value is -2.75. The molecular formula is C17H14N2O2. The molecule has 0 aliphatic carbocycles. The Morgan fingerprint density at radius 2 is 1.43 bits per heavy atom. The van der Waals surface area contributed by atoms with Crippen molar-refractivity contribution in [3.63, 3.8) is 0 Å². The van der Waals surface area contributed by atoms with Crippen LogP contribution in [0.2, 0.25) is 0 Å². The molecule has 0 saturated carbocycles. The van der Waals surface area contributed by atoms with Crippen LogP contribution in [0.5, 0.6) is 0 Å². The summed E-state index contributed by atoms with van der Waals surface area (Å²) in [5.41, 5.74) is 1.90. The summed E-state index contributed by atoms with van der Waals surface area (Å²) in [4.78, 5) is 24.3. The number of amides is 2. The van der Waals surface area contributed by atoms with Crippen molar-refractivity contribution in [2.24, 2.45) is 5.10 Å². The number of rotatable bonds is 3. The third kappa shape index (κ3) is 2.36. The molecule has 0 N–H and O–H groups in total. The first-order valence-electron chi connectivity index (χ1n) is 6.75. The summed E-state index contributed by atoms with van der Waals surface area (Å²) in [7, 11) is 0. The number of benzene rings is 2. The highest BCUT2D eigenvalue weighted by Crippen LogP contribution is 2.23. The second-order valence-corrected chi connectivity index (χ2v) is 4.93. The molecule has 1 heterocycles. The van der Waals surface area contributed by atoms with Gasteiger partial charge >= 0.3 is 0 Å². The van der Waals surface area contributed by atoms with Crippen LogP contribution < -0.4 is 0 Å². The summed E-state index contributed by atoms with van der Waals surface area (Å²) < 4.78 is 0. The predicted molar refractivity (Wildman–Crippen MR) is 80.3 cm³/mol. The maximum atomic E-state index is 12.1. The van der Waals surface area contributed by atoms with Crippen molar-refractivity contribution in [3.8, 4) is 0 Å². The van der Waals surface area contributed by atoms with Gasteiger partial charge in [-0.2, -0.15) is 10.1 Å². The van der Waals surface area contributed by atoms with Gasteiger partial charge in [-0.05, 0) is 17.7 Å². The first-order chi connectivity index (χ1) is 10.2. The minimum atomic E-state index is -0.368. The van der Waals surface area contributed by atoms with E-state index in [1.165, 1.54) is 0 Å². The Balaban J connectivity index is 1.82. The molecular weight excluding hydrogens is 264 g/mol. The van der Waals surface area contributed by atoms with Crippen LogP contribution >= 0.6 is 0 Å². The zero-order chi connectivity index (χ0) is 14.8. The molecule has 0 bridgehead atoms. The molecule has 4 nitrogen and oxygen atoms in total. The van der Waals surface area contributed by atoms with Gasteiger partial charge in [-0.1, -0.05) is 49.4 Å². The highest BCUT2D eigenvalue weighted by Gasteiger charge is 2.35. The number of nitrogens with zero attached hydrogens (tertiary/aromatic N) is 2. The Labute approximate surface area is 122 Å². The number of imide groups is 1. The van der Waals surface area contributed by atoms with E-state index in [1.807, 2.05) is 37.3 Å². The van der Waals surface area contributed by atoms with E-state index in [-0.39, 0.29) is 17.7 Å². The molecule has 0 spiro atoms. The lowest BCUT2D eigenvalue weighted by Gasteiger charge is -2.09. The minimum absolute atomic E-state index is 0.0236. The van der Waals surface area contributed by atoms with Crippen molar-refractivity contribution in [3.05, 3.63) is 71.3 Å². The Bertz CT molecular complexity index is 688. The summed E-state index contributed by atoms with van der Waals surface area (Å²) in [5, 5.41) is 5.02. The van der Waals surface area contributed by atoms with Gasteiger partial charge in [0.25, 0.3) is 11.8 Å². The van der Waals surface area contributed by atoms with Gasteiger partial charge in [-0.3, -0.25) is 9.59 Å². The number of fused-ring (bicyclic) bond motifs is 1. The van der Waals surface area contributed by atoms with Crippen LogP contribution in [-0.4, -0.2) is 23.0 Å². The molecule has 0 aromatic heterocycles. The lowest BCUT2D eigenvalue weighted by Crippen LogP contribution is -2.24. The molecule has 1 aliphatic heterocycles. The maximum absolute atomic E-state index is 12.1. The Morgan fingerprint density at radius 1 is 0.905 bits per heavy atom. The molecule has 0 radical (unpaired) electrons. The SMILES string of the molecule is C[C@H](C=NN1C(=O)c2ccccc2C1=O)c1ccccc1. The topological polar surface area (TPSA) is 49.7 Å². The quantitative estimate of drug-likeness (QED) is 0.640. The minimum Gasteiger partial charge on any atom is -0.267 e. The third-order valence-corrected chi connectivity index (χ3v) is 3.50. The largest absolute Gasteiger partial charge is 0.282 e. The van der Waals surface area contributed by atoms with Crippen LogP contribution in [0.3, 0.4) is 0 Å². The molecule has 2 aromatic carbocycles. The van der Waals surface area contributed by atoms with Crippen molar-refractivity contribution in [2.45, 2.75) is 12.8 Å². The summed E-state index contributed by atoms with van der Waals surface area (Å²) >= 11 is 0. The molecule has 0 saturated heterocycles. The van der Waals surface area contributed by atoms with E-state index in [1.54, 1.807) is 30.5 Å². The fourth-order valence-electron chi connectivity index (χ4n) is 2.29. The number of hydrogen-bond acceptors (Lipinski definition) is 3. The predicted octanol–water partition coefficient (Wildman–Crippen LogP) is 3.07. The van der Waals surface area contributed by atoms with E-state index >= 15 is 0 Å². The number of carbonyl (C=O) groups is 2. The molecule has 2 aromatic rings. The third-order valence-electron chi connectivity index (χ3n) is 3.50. The fraction of sp³-hybridized carbons (Fsp3) is 0.118. The summed E-state index contributed by atoms with van der Waals surface area (Å²) in [6, 6.07) is 16.6. The Kier molecular flexibility index (Phi) is 3.36. The summed E-state index contributed by atoms with van der Waals surface area (Å²) in [5.74, 6) is -0.713. The molecule has 1 aliphatic rings. The van der Waals surface area contributed by atoms with Crippen molar-refractivity contribution in [1.29, 1.82) is 0 Å². The average Bonchev–Trinajstić information content (AvgIpc) is 2.78. The van der Waals surface area contributed by atoms with Crippen molar-refractivity contribution in [2.75, 3.05) is 0 Å². The molecule has 21 heavy (non-hydrogen) atoms. The lowest BCUT2D eigenvalue weighted by atomic mass is 10.0. The van der Waals surface area contributed by atoms with E-state index in [2.05, 4.69) is 5.10 Å². The fourth-order valence-corrected chi connectivity index (χ4v) is 2.29. The van der Waals surface area contributed by atoms with Gasteiger partial charge in [0.2, 0.25) is 0 Å². The van der Waals surface area contributed by atoms with Gasteiger partial charge in [0.1, 0.15) is 0 Å². The van der Waals surface area contributed by atoms with Crippen LogP contribution in [0.25, 0.3) is 0 Å². The molecule has 0 fully saturated rings. The second-order valence-electron chi connectivity index (χ2n) is 4.93. The molecule has 3 rings (SSSR count). The number of hydrogen-bond donors (Lipinski definition) is 0. The summed E-state index contributed by atoms with van der Waals surface area (Å²) in [6.45, 7) is 1.97. The lowest BCUT2D eigenvalue weighted by molar-refractivity contribution is 0.0659. The maximum Gasteiger partial charge on any atom is 0.282 e. The second kappa shape index (κ2) is 5.32. The molecule has 104 valence electrons. The zero-order valence-electron chi connectivity index (χ0n) is 11.6. The van der Waals surface area contributed by atoms with Crippen molar-refractivity contribution >= 4 is 18.0 Å². The first kappa shape index (κ1) is 13.2. The van der Waals surface area contributed by atoms with Crippen LogP contribution in [-0.2, 0) is 0 Å². The smallest absolute Gasteiger partial charge is 0.267 e. The molecule has 0 unspecified atom stereocenters. The van der Waals surface area contributed by atoms with Gasteiger partial charge in [0.05, 0.1) is 11.1 Å². The molecule has 2 amide bonds. The van der Waals surface area contributed by atoms with Crippen LogP contribution in [0.15, 0.2) is 59.7 Å². The highest BCUT2D eigenvalue weighted by atomic mass is 16.2. The van der Waals surface area contributed by atoms with Gasteiger partial charge in [0, 0.05) is 12.1 Å². The standard InChI is InChI=1S/C17H14N2O2/c1-12(13-7-3-2-4-8-13)11-18-19-16(20)14-9-5-6-10-15(14)17(19)21/h2-12H,1H3/t12-/m1/s1. The van der Waals surface area contributed by atoms with Gasteiger partial charge in [-0.15, -0.1) is 0 Å². The van der Waals surface area contributed by atoms with Gasteiger partial charge in [-0.25, -0.2) is 0 Å².